The summed E-state index contributed by atoms with van der Waals surface area (Å²) in [6.07, 6.45) is 5.01. The molecule has 0 atom stereocenters. The summed E-state index contributed by atoms with van der Waals surface area (Å²) in [5.74, 6) is -2.40. The molecule has 0 spiro atoms. The third-order valence-corrected chi connectivity index (χ3v) is 5.56. The number of hydrogen-bond acceptors (Lipinski definition) is 6. The van der Waals surface area contributed by atoms with Gasteiger partial charge in [0, 0.05) is 11.0 Å². The molecule has 0 radical (unpaired) electrons. The SMILES string of the molecule is COc1ccc(/C=C/C(=O)OCC(=O)Nc2sc3c(c2C(N)=O)CCC3)cc1F. The summed E-state index contributed by atoms with van der Waals surface area (Å²) in [7, 11) is 1.35. The zero-order chi connectivity index (χ0) is 21.0. The smallest absolute Gasteiger partial charge is 0.331 e. The van der Waals surface area contributed by atoms with Crippen molar-refractivity contribution in [2.24, 2.45) is 5.73 Å². The van der Waals surface area contributed by atoms with E-state index in [2.05, 4.69) is 5.32 Å². The molecule has 2 amide bonds. The molecular formula is C20H19FN2O5S. The van der Waals surface area contributed by atoms with Crippen LogP contribution in [0.1, 0.15) is 32.8 Å². The first-order chi connectivity index (χ1) is 13.9. The highest BCUT2D eigenvalue weighted by atomic mass is 32.1. The lowest BCUT2D eigenvalue weighted by Gasteiger charge is -2.06. The van der Waals surface area contributed by atoms with Crippen LogP contribution < -0.4 is 15.8 Å². The number of halogens is 1. The number of ether oxygens (including phenoxy) is 2. The molecule has 1 aliphatic carbocycles. The first-order valence-corrected chi connectivity index (χ1v) is 9.63. The van der Waals surface area contributed by atoms with E-state index in [0.29, 0.717) is 16.1 Å². The topological polar surface area (TPSA) is 108 Å². The van der Waals surface area contributed by atoms with Crippen LogP contribution in [0.15, 0.2) is 24.3 Å². The number of nitrogens with two attached hydrogens (primary N) is 1. The van der Waals surface area contributed by atoms with E-state index in [1.165, 1.54) is 36.7 Å². The fourth-order valence-electron chi connectivity index (χ4n) is 3.05. The number of primary amides is 1. The molecule has 152 valence electrons. The van der Waals surface area contributed by atoms with Gasteiger partial charge < -0.3 is 20.5 Å². The van der Waals surface area contributed by atoms with E-state index >= 15 is 0 Å². The number of rotatable bonds is 7. The molecule has 0 unspecified atom stereocenters. The summed E-state index contributed by atoms with van der Waals surface area (Å²) in [6, 6.07) is 4.21. The number of methoxy groups -OCH3 is 1. The van der Waals surface area contributed by atoms with E-state index < -0.39 is 30.2 Å². The molecule has 0 bridgehead atoms. The van der Waals surface area contributed by atoms with Crippen LogP contribution in [0.3, 0.4) is 0 Å². The van der Waals surface area contributed by atoms with Crippen molar-refractivity contribution < 1.29 is 28.2 Å². The minimum atomic E-state index is -0.764. The van der Waals surface area contributed by atoms with Crippen molar-refractivity contribution in [2.45, 2.75) is 19.3 Å². The third-order valence-electron chi connectivity index (χ3n) is 4.35. The number of nitrogens with one attached hydrogen (secondary N) is 1. The highest BCUT2D eigenvalue weighted by Gasteiger charge is 2.26. The number of esters is 1. The lowest BCUT2D eigenvalue weighted by Crippen LogP contribution is -2.22. The quantitative estimate of drug-likeness (QED) is 0.531. The second kappa shape index (κ2) is 8.87. The summed E-state index contributed by atoms with van der Waals surface area (Å²) < 4.78 is 23.3. The highest BCUT2D eigenvalue weighted by Crippen LogP contribution is 2.38. The summed E-state index contributed by atoms with van der Waals surface area (Å²) in [6.45, 7) is -0.527. The lowest BCUT2D eigenvalue weighted by molar-refractivity contribution is -0.142. The standard InChI is InChI=1S/C20H19FN2O5S/c1-27-14-7-5-11(9-13(14)21)6-8-17(25)28-10-16(24)23-20-18(19(22)26)12-3-2-4-15(12)29-20/h5-9H,2-4,10H2,1H3,(H2,22,26)(H,23,24)/b8-6+. The van der Waals surface area contributed by atoms with E-state index in [0.717, 1.165) is 35.8 Å². The van der Waals surface area contributed by atoms with Crippen LogP contribution in [0.4, 0.5) is 9.39 Å². The first-order valence-electron chi connectivity index (χ1n) is 8.81. The maximum atomic E-state index is 13.6. The number of carbonyl (C=O) groups is 3. The molecular weight excluding hydrogens is 399 g/mol. The van der Waals surface area contributed by atoms with Crippen LogP contribution in [0.25, 0.3) is 6.08 Å². The van der Waals surface area contributed by atoms with Gasteiger partial charge in [0.25, 0.3) is 11.8 Å². The minimum absolute atomic E-state index is 0.0938. The van der Waals surface area contributed by atoms with E-state index in [9.17, 15) is 18.8 Å². The van der Waals surface area contributed by atoms with E-state index in [4.69, 9.17) is 15.2 Å². The van der Waals surface area contributed by atoms with Gasteiger partial charge in [0.1, 0.15) is 5.00 Å². The van der Waals surface area contributed by atoms with Crippen molar-refractivity contribution in [3.05, 3.63) is 51.7 Å². The largest absolute Gasteiger partial charge is 0.494 e. The molecule has 1 aromatic carbocycles. The van der Waals surface area contributed by atoms with Gasteiger partial charge in [0.2, 0.25) is 0 Å². The van der Waals surface area contributed by atoms with Crippen molar-refractivity contribution >= 4 is 40.2 Å². The maximum absolute atomic E-state index is 13.6. The van der Waals surface area contributed by atoms with Gasteiger partial charge in [-0.2, -0.15) is 0 Å². The Morgan fingerprint density at radius 3 is 2.79 bits per heavy atom. The molecule has 1 aliphatic rings. The summed E-state index contributed by atoms with van der Waals surface area (Å²) in [5, 5.41) is 2.97. The first kappa shape index (κ1) is 20.5. The molecule has 3 rings (SSSR count). The van der Waals surface area contributed by atoms with Crippen molar-refractivity contribution in [1.29, 1.82) is 0 Å². The minimum Gasteiger partial charge on any atom is -0.494 e. The highest BCUT2D eigenvalue weighted by molar-refractivity contribution is 7.17. The number of carbonyl (C=O) groups excluding carboxylic acids is 3. The van der Waals surface area contributed by atoms with E-state index in [1.54, 1.807) is 6.07 Å². The number of aryl methyl sites for hydroxylation is 1. The Labute approximate surface area is 170 Å². The molecule has 2 aromatic rings. The van der Waals surface area contributed by atoms with Gasteiger partial charge in [-0.15, -0.1) is 11.3 Å². The predicted octanol–water partition coefficient (Wildman–Crippen LogP) is 2.68. The van der Waals surface area contributed by atoms with Gasteiger partial charge in [-0.25, -0.2) is 9.18 Å². The Kier molecular flexibility index (Phi) is 6.28. The fraction of sp³-hybridized carbons (Fsp3) is 0.250. The summed E-state index contributed by atoms with van der Waals surface area (Å²) in [4.78, 5) is 36.6. The second-order valence-corrected chi connectivity index (χ2v) is 7.41. The number of thiophene rings is 1. The van der Waals surface area contributed by atoms with Crippen LogP contribution in [0.2, 0.25) is 0 Å². The fourth-order valence-corrected chi connectivity index (χ4v) is 4.36. The molecule has 3 N–H and O–H groups in total. The lowest BCUT2D eigenvalue weighted by atomic mass is 10.1. The number of benzene rings is 1. The van der Waals surface area contributed by atoms with Crippen molar-refractivity contribution in [1.82, 2.24) is 0 Å². The molecule has 9 heteroatoms. The zero-order valence-electron chi connectivity index (χ0n) is 15.6. The molecule has 0 fully saturated rings. The van der Waals surface area contributed by atoms with Gasteiger partial charge >= 0.3 is 5.97 Å². The van der Waals surface area contributed by atoms with Crippen LogP contribution in [-0.4, -0.2) is 31.5 Å². The Hall–Kier alpha value is -3.20. The van der Waals surface area contributed by atoms with Gasteiger partial charge in [-0.1, -0.05) is 6.07 Å². The Bertz CT molecular complexity index is 999. The molecule has 0 aliphatic heterocycles. The molecule has 1 aromatic heterocycles. The summed E-state index contributed by atoms with van der Waals surface area (Å²) >= 11 is 1.32. The molecule has 7 nitrogen and oxygen atoms in total. The predicted molar refractivity (Wildman–Crippen MR) is 106 cm³/mol. The third kappa shape index (κ3) is 4.80. The van der Waals surface area contributed by atoms with E-state index in [-0.39, 0.29) is 5.75 Å². The van der Waals surface area contributed by atoms with Gasteiger partial charge in [0.05, 0.1) is 12.7 Å². The number of anilines is 1. The van der Waals surface area contributed by atoms with E-state index in [1.807, 2.05) is 0 Å². The maximum Gasteiger partial charge on any atom is 0.331 e. The van der Waals surface area contributed by atoms with Crippen LogP contribution in [0.5, 0.6) is 5.75 Å². The normalized spacial score (nSPS) is 12.6. The molecule has 0 saturated heterocycles. The van der Waals surface area contributed by atoms with Crippen LogP contribution in [-0.2, 0) is 27.2 Å². The van der Waals surface area contributed by atoms with Gasteiger partial charge in [0.15, 0.2) is 18.2 Å². The molecule has 1 heterocycles. The van der Waals surface area contributed by atoms with Gasteiger partial charge in [-0.3, -0.25) is 9.59 Å². The van der Waals surface area contributed by atoms with Crippen molar-refractivity contribution in [2.75, 3.05) is 19.0 Å². The Balaban J connectivity index is 1.55. The molecule has 0 saturated carbocycles. The number of fused-ring (bicyclic) bond motifs is 1. The van der Waals surface area contributed by atoms with Crippen LogP contribution in [0, 0.1) is 5.82 Å². The number of amides is 2. The van der Waals surface area contributed by atoms with Crippen molar-refractivity contribution in [3.8, 4) is 5.75 Å². The number of hydrogen-bond donors (Lipinski definition) is 2. The molecule has 29 heavy (non-hydrogen) atoms. The van der Waals surface area contributed by atoms with Crippen molar-refractivity contribution in [3.63, 3.8) is 0 Å². The second-order valence-electron chi connectivity index (χ2n) is 6.31. The Morgan fingerprint density at radius 2 is 2.10 bits per heavy atom. The van der Waals surface area contributed by atoms with Gasteiger partial charge in [-0.05, 0) is 48.6 Å². The monoisotopic (exact) mass is 418 g/mol. The zero-order valence-corrected chi connectivity index (χ0v) is 16.4. The summed E-state index contributed by atoms with van der Waals surface area (Å²) in [5.41, 5.74) is 7.10. The van der Waals surface area contributed by atoms with Crippen LogP contribution >= 0.6 is 11.3 Å². The average Bonchev–Trinajstić information content (AvgIpc) is 3.25. The Morgan fingerprint density at radius 1 is 1.31 bits per heavy atom. The average molecular weight is 418 g/mol.